The molecule has 2 aliphatic rings. The summed E-state index contributed by atoms with van der Waals surface area (Å²) in [6.45, 7) is 4.50. The zero-order chi connectivity index (χ0) is 12.7. The Bertz CT molecular complexity index is 288. The summed E-state index contributed by atoms with van der Waals surface area (Å²) in [6, 6.07) is 0. The topological polar surface area (TPSA) is 52.7 Å². The van der Waals surface area contributed by atoms with E-state index in [9.17, 15) is 9.59 Å². The minimum atomic E-state index is -0.148. The van der Waals surface area contributed by atoms with Crippen LogP contribution in [0.2, 0.25) is 0 Å². The average molecular weight is 239 g/mol. The van der Waals surface area contributed by atoms with Crippen molar-refractivity contribution in [1.82, 2.24) is 15.1 Å². The highest BCUT2D eigenvalue weighted by Crippen LogP contribution is 2.04. The van der Waals surface area contributed by atoms with E-state index in [4.69, 9.17) is 0 Å². The number of nitrogens with zero attached hydrogens (tertiary/aromatic N) is 2. The third-order valence-electron chi connectivity index (χ3n) is 2.59. The number of nitrogens with one attached hydrogen (secondary N) is 1. The van der Waals surface area contributed by atoms with E-state index >= 15 is 0 Å². The molecular formula is C12H21N3O2. The molecular weight excluding hydrogens is 218 g/mol. The van der Waals surface area contributed by atoms with Crippen LogP contribution in [-0.2, 0) is 9.59 Å². The summed E-state index contributed by atoms with van der Waals surface area (Å²) in [5.74, 6) is -0.296. The van der Waals surface area contributed by atoms with Crippen molar-refractivity contribution >= 4 is 11.8 Å². The summed E-state index contributed by atoms with van der Waals surface area (Å²) >= 11 is 0. The molecule has 0 aliphatic carbocycles. The normalized spacial score (nSPS) is 18.2. The summed E-state index contributed by atoms with van der Waals surface area (Å²) in [5.41, 5.74) is 0. The van der Waals surface area contributed by atoms with E-state index in [0.717, 1.165) is 6.67 Å². The molecule has 2 heterocycles. The number of imide groups is 1. The van der Waals surface area contributed by atoms with Crippen molar-refractivity contribution in [3.8, 4) is 0 Å². The minimum Gasteiger partial charge on any atom is -0.362 e. The molecule has 96 valence electrons. The van der Waals surface area contributed by atoms with Gasteiger partial charge in [0.15, 0.2) is 0 Å². The zero-order valence-electron chi connectivity index (χ0n) is 10.6. The predicted molar refractivity (Wildman–Crippen MR) is 65.8 cm³/mol. The Morgan fingerprint density at radius 1 is 1.24 bits per heavy atom. The number of hydrogen-bond donors (Lipinski definition) is 1. The van der Waals surface area contributed by atoms with Crippen LogP contribution in [0.1, 0.15) is 32.6 Å². The highest BCUT2D eigenvalue weighted by molar-refractivity contribution is 6.01. The van der Waals surface area contributed by atoms with Crippen LogP contribution in [0.25, 0.3) is 0 Å². The van der Waals surface area contributed by atoms with Gasteiger partial charge in [-0.1, -0.05) is 13.3 Å². The van der Waals surface area contributed by atoms with Gasteiger partial charge in [0.05, 0.1) is 6.67 Å². The fourth-order valence-electron chi connectivity index (χ4n) is 1.60. The first-order valence-electron chi connectivity index (χ1n) is 6.07. The number of carbonyl (C=O) groups is 2. The molecule has 0 aromatic rings. The molecule has 0 aromatic carbocycles. The first-order valence-corrected chi connectivity index (χ1v) is 6.07. The lowest BCUT2D eigenvalue weighted by Gasteiger charge is -2.17. The summed E-state index contributed by atoms with van der Waals surface area (Å²) in [6.07, 6.45) is 7.62. The van der Waals surface area contributed by atoms with E-state index < -0.39 is 0 Å². The maximum Gasteiger partial charge on any atom is 0.227 e. The molecule has 2 aliphatic heterocycles. The average Bonchev–Trinajstić information content (AvgIpc) is 2.86. The number of unbranched alkanes of at least 4 members (excludes halogenated alkanes) is 1. The highest BCUT2D eigenvalue weighted by atomic mass is 16.2. The number of amides is 2. The third kappa shape index (κ3) is 5.38. The van der Waals surface area contributed by atoms with Crippen LogP contribution < -0.4 is 5.32 Å². The van der Waals surface area contributed by atoms with Crippen molar-refractivity contribution in [3.63, 3.8) is 0 Å². The molecule has 0 spiro atoms. The SMILES string of the molecule is CCCCN1C=CN(C)C1.O=C1CCC(=O)N1. The summed E-state index contributed by atoms with van der Waals surface area (Å²) < 4.78 is 0. The molecule has 2 rings (SSSR count). The predicted octanol–water partition coefficient (Wildman–Crippen LogP) is 0.886. The van der Waals surface area contributed by atoms with Gasteiger partial charge in [0.2, 0.25) is 11.8 Å². The molecule has 0 bridgehead atoms. The number of hydrogen-bond acceptors (Lipinski definition) is 4. The summed E-state index contributed by atoms with van der Waals surface area (Å²) in [4.78, 5) is 24.8. The lowest BCUT2D eigenvalue weighted by atomic mass is 10.3. The van der Waals surface area contributed by atoms with Gasteiger partial charge >= 0.3 is 0 Å². The second kappa shape index (κ2) is 6.93. The minimum absolute atomic E-state index is 0.148. The molecule has 0 atom stereocenters. The van der Waals surface area contributed by atoms with Crippen molar-refractivity contribution in [2.75, 3.05) is 20.3 Å². The van der Waals surface area contributed by atoms with Gasteiger partial charge < -0.3 is 9.80 Å². The molecule has 5 heteroatoms. The van der Waals surface area contributed by atoms with E-state index in [1.54, 1.807) is 0 Å². The monoisotopic (exact) mass is 239 g/mol. The fraction of sp³-hybridized carbons (Fsp3) is 0.667. The summed E-state index contributed by atoms with van der Waals surface area (Å²) in [7, 11) is 2.10. The molecule has 0 saturated carbocycles. The molecule has 0 radical (unpaired) electrons. The number of carbonyl (C=O) groups excluding carboxylic acids is 2. The summed E-state index contributed by atoms with van der Waals surface area (Å²) in [5, 5.41) is 2.14. The van der Waals surface area contributed by atoms with Crippen LogP contribution in [0.3, 0.4) is 0 Å². The van der Waals surface area contributed by atoms with Crippen molar-refractivity contribution in [2.45, 2.75) is 32.6 Å². The van der Waals surface area contributed by atoms with Gasteiger partial charge in [0, 0.05) is 38.8 Å². The van der Waals surface area contributed by atoms with Crippen LogP contribution >= 0.6 is 0 Å². The van der Waals surface area contributed by atoms with Crippen molar-refractivity contribution < 1.29 is 9.59 Å². The lowest BCUT2D eigenvalue weighted by Crippen LogP contribution is -2.23. The Balaban J connectivity index is 0.000000181. The molecule has 17 heavy (non-hydrogen) atoms. The molecule has 1 N–H and O–H groups in total. The quantitative estimate of drug-likeness (QED) is 0.743. The fourth-order valence-corrected chi connectivity index (χ4v) is 1.60. The number of rotatable bonds is 3. The molecule has 1 saturated heterocycles. The van der Waals surface area contributed by atoms with Crippen molar-refractivity contribution in [1.29, 1.82) is 0 Å². The Hall–Kier alpha value is -1.52. The Morgan fingerprint density at radius 2 is 1.88 bits per heavy atom. The maximum atomic E-state index is 10.1. The Morgan fingerprint density at radius 3 is 2.24 bits per heavy atom. The standard InChI is InChI=1S/C8H16N2.C4H5NO2/c1-3-4-5-10-7-6-9(2)8-10;6-3-1-2-4(7)5-3/h6-7H,3-5,8H2,1-2H3;1-2H2,(H,5,6,7). The Labute approximate surface area is 102 Å². The van der Waals surface area contributed by atoms with E-state index in [1.807, 2.05) is 0 Å². The van der Waals surface area contributed by atoms with Gasteiger partial charge in [-0.15, -0.1) is 0 Å². The first kappa shape index (κ1) is 13.5. The van der Waals surface area contributed by atoms with Gasteiger partial charge in [0.25, 0.3) is 0 Å². The van der Waals surface area contributed by atoms with Gasteiger partial charge in [-0.3, -0.25) is 14.9 Å². The van der Waals surface area contributed by atoms with E-state index in [-0.39, 0.29) is 11.8 Å². The van der Waals surface area contributed by atoms with Gasteiger partial charge in [-0.05, 0) is 6.42 Å². The Kier molecular flexibility index (Phi) is 5.52. The van der Waals surface area contributed by atoms with Gasteiger partial charge in [-0.2, -0.15) is 0 Å². The van der Waals surface area contributed by atoms with E-state index in [0.29, 0.717) is 12.8 Å². The molecule has 1 fully saturated rings. The zero-order valence-corrected chi connectivity index (χ0v) is 10.6. The van der Waals surface area contributed by atoms with E-state index in [2.05, 4.69) is 41.5 Å². The second-order valence-electron chi connectivity index (χ2n) is 4.33. The van der Waals surface area contributed by atoms with Crippen LogP contribution in [-0.4, -0.2) is 41.9 Å². The van der Waals surface area contributed by atoms with E-state index in [1.165, 1.54) is 19.4 Å². The largest absolute Gasteiger partial charge is 0.362 e. The van der Waals surface area contributed by atoms with Crippen molar-refractivity contribution in [2.24, 2.45) is 0 Å². The first-order chi connectivity index (χ1) is 8.11. The maximum absolute atomic E-state index is 10.1. The molecule has 2 amide bonds. The molecule has 5 nitrogen and oxygen atoms in total. The molecule has 0 aromatic heterocycles. The van der Waals surface area contributed by atoms with Gasteiger partial charge in [-0.25, -0.2) is 0 Å². The van der Waals surface area contributed by atoms with Gasteiger partial charge in [0.1, 0.15) is 0 Å². The van der Waals surface area contributed by atoms with Crippen molar-refractivity contribution in [3.05, 3.63) is 12.4 Å². The second-order valence-corrected chi connectivity index (χ2v) is 4.33. The van der Waals surface area contributed by atoms with Crippen LogP contribution in [0, 0.1) is 0 Å². The highest BCUT2D eigenvalue weighted by Gasteiger charge is 2.15. The lowest BCUT2D eigenvalue weighted by molar-refractivity contribution is -0.124. The van der Waals surface area contributed by atoms with Crippen LogP contribution in [0.5, 0.6) is 0 Å². The van der Waals surface area contributed by atoms with Crippen LogP contribution in [0.15, 0.2) is 12.4 Å². The third-order valence-corrected chi connectivity index (χ3v) is 2.59. The van der Waals surface area contributed by atoms with Crippen LogP contribution in [0.4, 0.5) is 0 Å². The smallest absolute Gasteiger partial charge is 0.227 e. The molecule has 0 unspecified atom stereocenters.